The van der Waals surface area contributed by atoms with E-state index in [1.54, 1.807) is 6.92 Å². The lowest BCUT2D eigenvalue weighted by Gasteiger charge is -2.25. The molecule has 0 saturated heterocycles. The third kappa shape index (κ3) is 4.75. The Kier molecular flexibility index (Phi) is 6.88. The molecule has 2 N–H and O–H groups in total. The van der Waals surface area contributed by atoms with E-state index in [-0.39, 0.29) is 5.91 Å². The van der Waals surface area contributed by atoms with Crippen LogP contribution in [0, 0.1) is 11.3 Å². The minimum atomic E-state index is -0.520. The number of amides is 3. The quantitative estimate of drug-likeness (QED) is 0.694. The highest BCUT2D eigenvalue weighted by atomic mass is 16.2. The summed E-state index contributed by atoms with van der Waals surface area (Å²) in [5.41, 5.74) is 0. The molecule has 0 fully saturated rings. The van der Waals surface area contributed by atoms with E-state index in [1.165, 1.54) is 7.05 Å². The number of carbonyl (C=O) groups is 2. The molecular weight excluding hydrogens is 208 g/mol. The van der Waals surface area contributed by atoms with Gasteiger partial charge in [0.15, 0.2) is 0 Å². The average molecular weight is 226 g/mol. The van der Waals surface area contributed by atoms with Gasteiger partial charge in [0.2, 0.25) is 5.91 Å². The SMILES string of the molecule is CCN(CCC#N)C(C)C(=O)NC(=O)NC. The van der Waals surface area contributed by atoms with Gasteiger partial charge in [0.25, 0.3) is 0 Å². The Bertz CT molecular complexity index is 285. The molecule has 3 amide bonds. The van der Waals surface area contributed by atoms with Crippen molar-refractivity contribution in [3.63, 3.8) is 0 Å². The van der Waals surface area contributed by atoms with Gasteiger partial charge in [-0.1, -0.05) is 6.92 Å². The number of rotatable bonds is 5. The number of hydrogen-bond donors (Lipinski definition) is 2. The van der Waals surface area contributed by atoms with E-state index in [1.807, 2.05) is 17.9 Å². The van der Waals surface area contributed by atoms with Gasteiger partial charge in [-0.25, -0.2) is 4.79 Å². The van der Waals surface area contributed by atoms with E-state index in [0.29, 0.717) is 19.5 Å². The second-order valence-corrected chi connectivity index (χ2v) is 3.28. The fourth-order valence-electron chi connectivity index (χ4n) is 1.26. The van der Waals surface area contributed by atoms with E-state index in [9.17, 15) is 9.59 Å². The van der Waals surface area contributed by atoms with Crippen molar-refractivity contribution >= 4 is 11.9 Å². The van der Waals surface area contributed by atoms with Crippen LogP contribution in [0.25, 0.3) is 0 Å². The van der Waals surface area contributed by atoms with Crippen molar-refractivity contribution in [2.24, 2.45) is 0 Å². The predicted octanol–water partition coefficient (Wildman–Crippen LogP) is 0.0661. The summed E-state index contributed by atoms with van der Waals surface area (Å²) in [5, 5.41) is 13.0. The zero-order valence-corrected chi connectivity index (χ0v) is 9.91. The Labute approximate surface area is 95.6 Å². The molecule has 0 heterocycles. The van der Waals surface area contributed by atoms with Gasteiger partial charge in [-0.05, 0) is 13.5 Å². The molecule has 6 heteroatoms. The van der Waals surface area contributed by atoms with E-state index >= 15 is 0 Å². The van der Waals surface area contributed by atoms with Crippen LogP contribution in [0.4, 0.5) is 4.79 Å². The van der Waals surface area contributed by atoms with Gasteiger partial charge in [-0.2, -0.15) is 5.26 Å². The number of nitrogens with zero attached hydrogens (tertiary/aromatic N) is 2. The lowest BCUT2D eigenvalue weighted by molar-refractivity contribution is -0.124. The van der Waals surface area contributed by atoms with Crippen LogP contribution in [0.15, 0.2) is 0 Å². The molecule has 0 aromatic rings. The molecule has 1 unspecified atom stereocenters. The van der Waals surface area contributed by atoms with E-state index in [4.69, 9.17) is 5.26 Å². The molecule has 0 saturated carbocycles. The normalized spacial score (nSPS) is 11.7. The maximum Gasteiger partial charge on any atom is 0.321 e. The van der Waals surface area contributed by atoms with Gasteiger partial charge in [-0.15, -0.1) is 0 Å². The molecule has 0 aliphatic rings. The average Bonchev–Trinajstić information content (AvgIpc) is 2.29. The van der Waals surface area contributed by atoms with Crippen molar-refractivity contribution in [3.8, 4) is 6.07 Å². The predicted molar refractivity (Wildman–Crippen MR) is 59.5 cm³/mol. The highest BCUT2D eigenvalue weighted by molar-refractivity contribution is 5.96. The van der Waals surface area contributed by atoms with Crippen LogP contribution < -0.4 is 10.6 Å². The molecule has 0 aromatic carbocycles. The summed E-state index contributed by atoms with van der Waals surface area (Å²) in [6, 6.07) is 1.08. The first-order valence-corrected chi connectivity index (χ1v) is 5.20. The minimum Gasteiger partial charge on any atom is -0.341 e. The minimum absolute atomic E-state index is 0.362. The summed E-state index contributed by atoms with van der Waals surface area (Å²) in [6.07, 6.45) is 0.367. The van der Waals surface area contributed by atoms with Crippen LogP contribution in [-0.4, -0.2) is 43.0 Å². The van der Waals surface area contributed by atoms with E-state index < -0.39 is 12.1 Å². The fourth-order valence-corrected chi connectivity index (χ4v) is 1.26. The van der Waals surface area contributed by atoms with Crippen LogP contribution in [0.1, 0.15) is 20.3 Å². The lowest BCUT2D eigenvalue weighted by Crippen LogP contribution is -2.49. The molecule has 0 aliphatic heterocycles. The molecule has 0 spiro atoms. The summed E-state index contributed by atoms with van der Waals surface area (Å²) in [4.78, 5) is 24.4. The monoisotopic (exact) mass is 226 g/mol. The molecule has 1 atom stereocenters. The molecule has 0 aromatic heterocycles. The Morgan fingerprint density at radius 2 is 2.12 bits per heavy atom. The highest BCUT2D eigenvalue weighted by Crippen LogP contribution is 2.00. The van der Waals surface area contributed by atoms with E-state index in [0.717, 1.165) is 0 Å². The molecule has 90 valence electrons. The number of imide groups is 1. The number of urea groups is 1. The highest BCUT2D eigenvalue weighted by Gasteiger charge is 2.20. The van der Waals surface area contributed by atoms with Crippen molar-refractivity contribution < 1.29 is 9.59 Å². The first-order valence-electron chi connectivity index (χ1n) is 5.20. The van der Waals surface area contributed by atoms with Gasteiger partial charge < -0.3 is 5.32 Å². The summed E-state index contributed by atoms with van der Waals surface area (Å²) in [6.45, 7) is 4.79. The van der Waals surface area contributed by atoms with Crippen molar-refractivity contribution in [2.45, 2.75) is 26.3 Å². The van der Waals surface area contributed by atoms with Crippen LogP contribution in [0.3, 0.4) is 0 Å². The van der Waals surface area contributed by atoms with Crippen LogP contribution in [0.5, 0.6) is 0 Å². The Morgan fingerprint density at radius 3 is 2.56 bits per heavy atom. The topological polar surface area (TPSA) is 85.2 Å². The largest absolute Gasteiger partial charge is 0.341 e. The first-order chi connectivity index (χ1) is 7.56. The molecule has 0 radical (unpaired) electrons. The number of hydrogen-bond acceptors (Lipinski definition) is 4. The van der Waals surface area contributed by atoms with Crippen molar-refractivity contribution in [1.82, 2.24) is 15.5 Å². The molecule has 6 nitrogen and oxygen atoms in total. The van der Waals surface area contributed by atoms with Gasteiger partial charge in [0, 0.05) is 20.0 Å². The zero-order valence-electron chi connectivity index (χ0n) is 9.91. The van der Waals surface area contributed by atoms with Crippen molar-refractivity contribution in [3.05, 3.63) is 0 Å². The maximum absolute atomic E-state index is 11.6. The summed E-state index contributed by atoms with van der Waals surface area (Å²) in [5.74, 6) is -0.362. The smallest absolute Gasteiger partial charge is 0.321 e. The van der Waals surface area contributed by atoms with Crippen molar-refractivity contribution in [1.29, 1.82) is 5.26 Å². The van der Waals surface area contributed by atoms with Crippen LogP contribution in [-0.2, 0) is 4.79 Å². The van der Waals surface area contributed by atoms with Crippen LogP contribution in [0.2, 0.25) is 0 Å². The van der Waals surface area contributed by atoms with Crippen LogP contribution >= 0.6 is 0 Å². The Hall–Kier alpha value is -1.61. The van der Waals surface area contributed by atoms with Gasteiger partial charge >= 0.3 is 6.03 Å². The summed E-state index contributed by atoms with van der Waals surface area (Å²) >= 11 is 0. The molecule has 16 heavy (non-hydrogen) atoms. The third-order valence-electron chi connectivity index (χ3n) is 2.31. The Morgan fingerprint density at radius 1 is 1.50 bits per heavy atom. The molecular formula is C10H18N4O2. The number of carbonyl (C=O) groups excluding carboxylic acids is 2. The molecule has 0 rings (SSSR count). The number of nitriles is 1. The van der Waals surface area contributed by atoms with Crippen molar-refractivity contribution in [2.75, 3.05) is 20.1 Å². The fraction of sp³-hybridized carbons (Fsp3) is 0.700. The second kappa shape index (κ2) is 7.65. The van der Waals surface area contributed by atoms with Gasteiger partial charge in [0.1, 0.15) is 0 Å². The summed E-state index contributed by atoms with van der Waals surface area (Å²) in [7, 11) is 1.44. The second-order valence-electron chi connectivity index (χ2n) is 3.28. The zero-order chi connectivity index (χ0) is 12.6. The Balaban J connectivity index is 4.27. The number of nitrogens with one attached hydrogen (secondary N) is 2. The lowest BCUT2D eigenvalue weighted by atomic mass is 10.2. The molecule has 0 bridgehead atoms. The maximum atomic E-state index is 11.6. The van der Waals surface area contributed by atoms with E-state index in [2.05, 4.69) is 10.6 Å². The van der Waals surface area contributed by atoms with Gasteiger partial charge in [0.05, 0.1) is 12.1 Å². The summed E-state index contributed by atoms with van der Waals surface area (Å²) < 4.78 is 0. The third-order valence-corrected chi connectivity index (χ3v) is 2.31. The standard InChI is InChI=1S/C10H18N4O2/c1-4-14(7-5-6-11)8(2)9(15)13-10(16)12-3/h8H,4-5,7H2,1-3H3,(H2,12,13,15,16). The molecule has 0 aliphatic carbocycles. The van der Waals surface area contributed by atoms with Gasteiger partial charge in [-0.3, -0.25) is 15.0 Å². The first kappa shape index (κ1) is 14.4. The number of likely N-dealkylation sites (N-methyl/N-ethyl adjacent to an activating group) is 1.